The molecule has 0 N–H and O–H groups in total. The Labute approximate surface area is 90.2 Å². The highest BCUT2D eigenvalue weighted by Crippen LogP contribution is 2.22. The first-order valence-electron chi connectivity index (χ1n) is 4.52. The number of aromatic nitrogens is 1. The molecule has 0 spiro atoms. The summed E-state index contributed by atoms with van der Waals surface area (Å²) in [5.74, 6) is -0.546. The third-order valence-corrected chi connectivity index (χ3v) is 2.34. The van der Waals surface area contributed by atoms with Crippen molar-refractivity contribution in [3.63, 3.8) is 0 Å². The fourth-order valence-corrected chi connectivity index (χ4v) is 1.55. The standard InChI is InChI=1S/C11H8FNO3/c1-16-11(15)7-2-3-9-8(6-14)5-13(12)10(9)4-7/h2-6H,1H3. The van der Waals surface area contributed by atoms with Crippen LogP contribution in [-0.2, 0) is 4.74 Å². The monoisotopic (exact) mass is 221 g/mol. The van der Waals surface area contributed by atoms with Crippen molar-refractivity contribution in [2.75, 3.05) is 7.11 Å². The summed E-state index contributed by atoms with van der Waals surface area (Å²) >= 11 is 0. The fraction of sp³-hybridized carbons (Fsp3) is 0.0909. The third-order valence-electron chi connectivity index (χ3n) is 2.34. The average Bonchev–Trinajstić information content (AvgIpc) is 2.64. The van der Waals surface area contributed by atoms with Crippen molar-refractivity contribution in [2.45, 2.75) is 0 Å². The average molecular weight is 221 g/mol. The first-order chi connectivity index (χ1) is 7.67. The Morgan fingerprint density at radius 3 is 2.88 bits per heavy atom. The van der Waals surface area contributed by atoms with Gasteiger partial charge < -0.3 is 4.74 Å². The Morgan fingerprint density at radius 2 is 2.25 bits per heavy atom. The summed E-state index contributed by atoms with van der Waals surface area (Å²) in [6.45, 7) is 0. The molecule has 0 aliphatic rings. The molecule has 16 heavy (non-hydrogen) atoms. The van der Waals surface area contributed by atoms with Gasteiger partial charge in [-0.25, -0.2) is 4.79 Å². The molecule has 0 saturated carbocycles. The van der Waals surface area contributed by atoms with Gasteiger partial charge in [0.05, 0.1) is 18.2 Å². The van der Waals surface area contributed by atoms with Crippen LogP contribution in [0.15, 0.2) is 24.4 Å². The number of fused-ring (bicyclic) bond motifs is 1. The number of aldehydes is 1. The van der Waals surface area contributed by atoms with Gasteiger partial charge in [0, 0.05) is 17.1 Å². The van der Waals surface area contributed by atoms with Gasteiger partial charge in [0.2, 0.25) is 0 Å². The van der Waals surface area contributed by atoms with E-state index in [1.54, 1.807) is 0 Å². The summed E-state index contributed by atoms with van der Waals surface area (Å²) in [4.78, 5) is 22.2. The van der Waals surface area contributed by atoms with Crippen LogP contribution >= 0.6 is 0 Å². The van der Waals surface area contributed by atoms with E-state index < -0.39 is 5.97 Å². The van der Waals surface area contributed by atoms with E-state index >= 15 is 0 Å². The molecule has 0 amide bonds. The molecule has 0 unspecified atom stereocenters. The van der Waals surface area contributed by atoms with E-state index in [1.807, 2.05) is 0 Å². The zero-order valence-electron chi connectivity index (χ0n) is 8.44. The van der Waals surface area contributed by atoms with Crippen LogP contribution in [0.25, 0.3) is 10.9 Å². The molecule has 0 saturated heterocycles. The van der Waals surface area contributed by atoms with Gasteiger partial charge in [-0.3, -0.25) is 4.79 Å². The molecule has 2 rings (SSSR count). The minimum Gasteiger partial charge on any atom is -0.465 e. The van der Waals surface area contributed by atoms with Crippen molar-refractivity contribution in [3.05, 3.63) is 35.5 Å². The predicted octanol–water partition coefficient (Wildman–Crippen LogP) is 1.97. The Kier molecular flexibility index (Phi) is 2.44. The van der Waals surface area contributed by atoms with Crippen LogP contribution in [0, 0.1) is 0 Å². The maximum atomic E-state index is 13.3. The highest BCUT2D eigenvalue weighted by Gasteiger charge is 2.11. The normalized spacial score (nSPS) is 10.4. The smallest absolute Gasteiger partial charge is 0.337 e. The number of ether oxygens (including phenoxy) is 1. The lowest BCUT2D eigenvalue weighted by Crippen LogP contribution is -2.00. The molecule has 4 nitrogen and oxygen atoms in total. The van der Waals surface area contributed by atoms with E-state index in [9.17, 15) is 14.1 Å². The molecule has 0 fully saturated rings. The van der Waals surface area contributed by atoms with E-state index in [-0.39, 0.29) is 16.6 Å². The van der Waals surface area contributed by atoms with Crippen LogP contribution < -0.4 is 0 Å². The van der Waals surface area contributed by atoms with E-state index in [4.69, 9.17) is 0 Å². The minimum atomic E-state index is -0.546. The number of rotatable bonds is 2. The summed E-state index contributed by atoms with van der Waals surface area (Å²) in [5.41, 5.74) is 0.656. The zero-order valence-corrected chi connectivity index (χ0v) is 8.44. The number of hydrogen-bond acceptors (Lipinski definition) is 3. The molecule has 5 heteroatoms. The number of hydrogen-bond donors (Lipinski definition) is 0. The second kappa shape index (κ2) is 3.77. The summed E-state index contributed by atoms with van der Waals surface area (Å²) < 4.78 is 17.9. The molecule has 0 bridgehead atoms. The van der Waals surface area contributed by atoms with E-state index in [2.05, 4.69) is 4.74 Å². The van der Waals surface area contributed by atoms with Crippen molar-refractivity contribution < 1.29 is 18.8 Å². The van der Waals surface area contributed by atoms with Crippen molar-refractivity contribution in [3.8, 4) is 0 Å². The van der Waals surface area contributed by atoms with Crippen LogP contribution in [0.1, 0.15) is 20.7 Å². The molecule has 0 aliphatic carbocycles. The SMILES string of the molecule is COC(=O)c1ccc2c(C=O)cn(F)c2c1. The molecule has 2 aromatic rings. The Morgan fingerprint density at radius 1 is 1.50 bits per heavy atom. The quantitative estimate of drug-likeness (QED) is 0.575. The number of carbonyl (C=O) groups excluding carboxylic acids is 2. The van der Waals surface area contributed by atoms with Crippen molar-refractivity contribution in [1.82, 2.24) is 4.79 Å². The number of methoxy groups -OCH3 is 1. The van der Waals surface area contributed by atoms with Gasteiger partial charge in [0.25, 0.3) is 0 Å². The van der Waals surface area contributed by atoms with Gasteiger partial charge >= 0.3 is 5.97 Å². The first-order valence-corrected chi connectivity index (χ1v) is 4.52. The van der Waals surface area contributed by atoms with E-state index in [0.717, 1.165) is 6.20 Å². The van der Waals surface area contributed by atoms with Crippen LogP contribution in [0.5, 0.6) is 0 Å². The van der Waals surface area contributed by atoms with Crippen LogP contribution in [0.4, 0.5) is 4.48 Å². The molecular formula is C11H8FNO3. The van der Waals surface area contributed by atoms with Crippen molar-refractivity contribution in [2.24, 2.45) is 0 Å². The zero-order chi connectivity index (χ0) is 11.7. The van der Waals surface area contributed by atoms with E-state index in [0.29, 0.717) is 16.5 Å². The minimum absolute atomic E-state index is 0.171. The molecule has 0 aliphatic heterocycles. The molecule has 0 radical (unpaired) electrons. The molecule has 1 aromatic heterocycles. The lowest BCUT2D eigenvalue weighted by atomic mass is 10.1. The van der Waals surface area contributed by atoms with Gasteiger partial charge in [-0.1, -0.05) is 10.5 Å². The maximum absolute atomic E-state index is 13.3. The highest BCUT2D eigenvalue weighted by atomic mass is 19.2. The number of benzene rings is 1. The summed E-state index contributed by atoms with van der Waals surface area (Å²) in [7, 11) is 1.25. The Hall–Kier alpha value is -2.17. The predicted molar refractivity (Wildman–Crippen MR) is 55.2 cm³/mol. The van der Waals surface area contributed by atoms with Gasteiger partial charge in [-0.2, -0.15) is 4.79 Å². The summed E-state index contributed by atoms with van der Waals surface area (Å²) in [6, 6.07) is 4.34. The van der Waals surface area contributed by atoms with Gasteiger partial charge in [0.1, 0.15) is 0 Å². The molecule has 0 atom stereocenters. The summed E-state index contributed by atoms with van der Waals surface area (Å²) in [6.07, 6.45) is 1.63. The second-order valence-electron chi connectivity index (χ2n) is 3.24. The Balaban J connectivity index is 2.67. The Bertz CT molecular complexity index is 574. The number of carbonyl (C=O) groups is 2. The van der Waals surface area contributed by atoms with Crippen molar-refractivity contribution >= 4 is 23.2 Å². The second-order valence-corrected chi connectivity index (χ2v) is 3.24. The first kappa shape index (κ1) is 10.4. The van der Waals surface area contributed by atoms with Crippen LogP contribution in [0.2, 0.25) is 0 Å². The lowest BCUT2D eigenvalue weighted by Gasteiger charge is -1.99. The molecule has 1 heterocycles. The fourth-order valence-electron chi connectivity index (χ4n) is 1.55. The van der Waals surface area contributed by atoms with Gasteiger partial charge in [-0.15, -0.1) is 0 Å². The van der Waals surface area contributed by atoms with Crippen molar-refractivity contribution in [1.29, 1.82) is 0 Å². The van der Waals surface area contributed by atoms with E-state index in [1.165, 1.54) is 25.3 Å². The lowest BCUT2D eigenvalue weighted by molar-refractivity contribution is 0.0601. The molecule has 82 valence electrons. The number of halogens is 1. The third kappa shape index (κ3) is 1.46. The van der Waals surface area contributed by atoms with Gasteiger partial charge in [-0.05, 0) is 12.1 Å². The number of esters is 1. The van der Waals surface area contributed by atoms with Gasteiger partial charge in [0.15, 0.2) is 6.29 Å². The maximum Gasteiger partial charge on any atom is 0.337 e. The summed E-state index contributed by atoms with van der Waals surface area (Å²) in [5, 5.41) is 0.463. The van der Waals surface area contributed by atoms with Crippen LogP contribution in [-0.4, -0.2) is 24.2 Å². The highest BCUT2D eigenvalue weighted by molar-refractivity contribution is 6.01. The topological polar surface area (TPSA) is 48.3 Å². The largest absolute Gasteiger partial charge is 0.465 e. The number of nitrogens with zero attached hydrogens (tertiary/aromatic N) is 1. The molecule has 1 aromatic carbocycles. The van der Waals surface area contributed by atoms with Crippen LogP contribution in [0.3, 0.4) is 0 Å². The molecular weight excluding hydrogens is 213 g/mol.